The molecule has 2 aromatic heterocycles. The van der Waals surface area contributed by atoms with Gasteiger partial charge in [0.05, 0.1) is 30.2 Å². The number of anilines is 1. The van der Waals surface area contributed by atoms with Crippen LogP contribution in [0.25, 0.3) is 0 Å². The number of nitrogens with one attached hydrogen (secondary N) is 1. The first kappa shape index (κ1) is 14.1. The highest BCUT2D eigenvalue weighted by Gasteiger charge is 2.13. The van der Waals surface area contributed by atoms with E-state index in [0.29, 0.717) is 17.8 Å². The summed E-state index contributed by atoms with van der Waals surface area (Å²) in [6.45, 7) is 2.53. The predicted molar refractivity (Wildman–Crippen MR) is 83.7 cm³/mol. The topological polar surface area (TPSA) is 64.7 Å². The summed E-state index contributed by atoms with van der Waals surface area (Å²) in [5, 5.41) is 11.2. The van der Waals surface area contributed by atoms with E-state index in [1.807, 2.05) is 50.5 Å². The molecule has 0 atom stereocenters. The minimum absolute atomic E-state index is 0.176. The molecule has 1 aromatic carbocycles. The molecular formula is C16H17N5O. The van der Waals surface area contributed by atoms with Gasteiger partial charge in [-0.3, -0.25) is 14.2 Å². The van der Waals surface area contributed by atoms with E-state index >= 15 is 0 Å². The van der Waals surface area contributed by atoms with Gasteiger partial charge in [0.1, 0.15) is 0 Å². The molecule has 6 heteroatoms. The third kappa shape index (κ3) is 2.90. The van der Waals surface area contributed by atoms with Gasteiger partial charge in [-0.15, -0.1) is 0 Å². The minimum atomic E-state index is -0.176. The molecule has 2 heterocycles. The Morgan fingerprint density at radius 2 is 1.95 bits per heavy atom. The van der Waals surface area contributed by atoms with Gasteiger partial charge in [-0.05, 0) is 12.5 Å². The van der Waals surface area contributed by atoms with E-state index in [0.717, 1.165) is 11.3 Å². The Hall–Kier alpha value is -2.89. The number of aryl methyl sites for hydroxylation is 1. The van der Waals surface area contributed by atoms with Gasteiger partial charge >= 0.3 is 0 Å². The van der Waals surface area contributed by atoms with E-state index in [-0.39, 0.29) is 5.91 Å². The maximum Gasteiger partial charge on any atom is 0.259 e. The molecule has 3 aromatic rings. The normalized spacial score (nSPS) is 10.6. The SMILES string of the molecule is Cc1c(C(=O)Nc2cnn(Cc3ccccc3)c2)cnn1C. The van der Waals surface area contributed by atoms with Crippen molar-refractivity contribution < 1.29 is 4.79 Å². The van der Waals surface area contributed by atoms with Gasteiger partial charge in [0.2, 0.25) is 0 Å². The summed E-state index contributed by atoms with van der Waals surface area (Å²) in [5.74, 6) is -0.176. The largest absolute Gasteiger partial charge is 0.319 e. The summed E-state index contributed by atoms with van der Waals surface area (Å²) >= 11 is 0. The van der Waals surface area contributed by atoms with Gasteiger partial charge < -0.3 is 5.32 Å². The van der Waals surface area contributed by atoms with Crippen molar-refractivity contribution in [2.75, 3.05) is 5.32 Å². The highest BCUT2D eigenvalue weighted by Crippen LogP contribution is 2.12. The molecule has 6 nitrogen and oxygen atoms in total. The molecule has 0 aliphatic carbocycles. The second-order valence-corrected chi connectivity index (χ2v) is 5.13. The van der Waals surface area contributed by atoms with Crippen LogP contribution in [0.4, 0.5) is 5.69 Å². The number of carbonyl (C=O) groups is 1. The van der Waals surface area contributed by atoms with Gasteiger partial charge in [-0.25, -0.2) is 0 Å². The number of aromatic nitrogens is 4. The highest BCUT2D eigenvalue weighted by molar-refractivity contribution is 6.04. The summed E-state index contributed by atoms with van der Waals surface area (Å²) < 4.78 is 3.47. The number of nitrogens with zero attached hydrogens (tertiary/aromatic N) is 4. The lowest BCUT2D eigenvalue weighted by Gasteiger charge is -2.02. The Labute approximate surface area is 128 Å². The number of amides is 1. The van der Waals surface area contributed by atoms with Gasteiger partial charge in [-0.2, -0.15) is 10.2 Å². The van der Waals surface area contributed by atoms with Crippen molar-refractivity contribution in [1.82, 2.24) is 19.6 Å². The smallest absolute Gasteiger partial charge is 0.259 e. The Bertz CT molecular complexity index is 788. The molecular weight excluding hydrogens is 278 g/mol. The van der Waals surface area contributed by atoms with Crippen LogP contribution in [0.1, 0.15) is 21.6 Å². The summed E-state index contributed by atoms with van der Waals surface area (Å²) in [7, 11) is 1.81. The third-order valence-electron chi connectivity index (χ3n) is 3.56. The van der Waals surface area contributed by atoms with Crippen molar-refractivity contribution in [3.63, 3.8) is 0 Å². The molecule has 0 spiro atoms. The van der Waals surface area contributed by atoms with Crippen LogP contribution in [0, 0.1) is 6.92 Å². The zero-order valence-corrected chi connectivity index (χ0v) is 12.5. The lowest BCUT2D eigenvalue weighted by Crippen LogP contribution is -2.12. The second kappa shape index (κ2) is 5.85. The number of benzene rings is 1. The summed E-state index contributed by atoms with van der Waals surface area (Å²) in [5.41, 5.74) is 3.23. The molecule has 0 saturated carbocycles. The van der Waals surface area contributed by atoms with Crippen molar-refractivity contribution in [3.8, 4) is 0 Å². The van der Waals surface area contributed by atoms with Gasteiger partial charge in [0.15, 0.2) is 0 Å². The number of carbonyl (C=O) groups excluding carboxylic acids is 1. The van der Waals surface area contributed by atoms with Crippen molar-refractivity contribution in [3.05, 3.63) is 65.7 Å². The van der Waals surface area contributed by atoms with Gasteiger partial charge in [-0.1, -0.05) is 30.3 Å². The lowest BCUT2D eigenvalue weighted by atomic mass is 10.2. The quantitative estimate of drug-likeness (QED) is 0.802. The molecule has 0 aliphatic heterocycles. The summed E-state index contributed by atoms with van der Waals surface area (Å²) in [6, 6.07) is 10.0. The van der Waals surface area contributed by atoms with E-state index in [1.54, 1.807) is 21.8 Å². The molecule has 0 fully saturated rings. The Kier molecular flexibility index (Phi) is 3.74. The lowest BCUT2D eigenvalue weighted by molar-refractivity contribution is 0.102. The Balaban J connectivity index is 1.69. The van der Waals surface area contributed by atoms with E-state index in [1.165, 1.54) is 0 Å². The number of hydrogen-bond donors (Lipinski definition) is 1. The molecule has 0 unspecified atom stereocenters. The number of rotatable bonds is 4. The van der Waals surface area contributed by atoms with E-state index < -0.39 is 0 Å². The maximum atomic E-state index is 12.2. The van der Waals surface area contributed by atoms with E-state index in [2.05, 4.69) is 15.5 Å². The van der Waals surface area contributed by atoms with Crippen LogP contribution in [0.3, 0.4) is 0 Å². The third-order valence-corrected chi connectivity index (χ3v) is 3.56. The second-order valence-electron chi connectivity index (χ2n) is 5.13. The van der Waals surface area contributed by atoms with Crippen molar-refractivity contribution in [1.29, 1.82) is 0 Å². The fourth-order valence-corrected chi connectivity index (χ4v) is 2.21. The van der Waals surface area contributed by atoms with Crippen LogP contribution in [-0.4, -0.2) is 25.5 Å². The first-order valence-corrected chi connectivity index (χ1v) is 7.00. The molecule has 1 amide bonds. The maximum absolute atomic E-state index is 12.2. The van der Waals surface area contributed by atoms with Crippen molar-refractivity contribution >= 4 is 11.6 Å². The predicted octanol–water partition coefficient (Wildman–Crippen LogP) is 2.23. The molecule has 0 saturated heterocycles. The first-order chi connectivity index (χ1) is 10.6. The van der Waals surface area contributed by atoms with Crippen LogP contribution in [0.2, 0.25) is 0 Å². The van der Waals surface area contributed by atoms with E-state index in [4.69, 9.17) is 0 Å². The summed E-state index contributed by atoms with van der Waals surface area (Å²) in [6.07, 6.45) is 5.03. The zero-order chi connectivity index (χ0) is 15.5. The molecule has 0 radical (unpaired) electrons. The average molecular weight is 295 g/mol. The molecule has 1 N–H and O–H groups in total. The average Bonchev–Trinajstić information content (AvgIpc) is 3.08. The molecule has 0 aliphatic rings. The summed E-state index contributed by atoms with van der Waals surface area (Å²) in [4.78, 5) is 12.2. The van der Waals surface area contributed by atoms with Crippen LogP contribution >= 0.6 is 0 Å². The van der Waals surface area contributed by atoms with Crippen molar-refractivity contribution in [2.24, 2.45) is 7.05 Å². The van der Waals surface area contributed by atoms with Crippen LogP contribution in [-0.2, 0) is 13.6 Å². The zero-order valence-electron chi connectivity index (χ0n) is 12.5. The van der Waals surface area contributed by atoms with Crippen molar-refractivity contribution in [2.45, 2.75) is 13.5 Å². The molecule has 0 bridgehead atoms. The first-order valence-electron chi connectivity index (χ1n) is 7.00. The molecule has 112 valence electrons. The Morgan fingerprint density at radius 1 is 1.18 bits per heavy atom. The minimum Gasteiger partial charge on any atom is -0.319 e. The fraction of sp³-hybridized carbons (Fsp3) is 0.188. The number of hydrogen-bond acceptors (Lipinski definition) is 3. The standard InChI is InChI=1S/C16H17N5O/c1-12-15(9-17-20(12)2)16(22)19-14-8-18-21(11-14)10-13-6-4-3-5-7-13/h3-9,11H,10H2,1-2H3,(H,19,22). The monoisotopic (exact) mass is 295 g/mol. The van der Waals surface area contributed by atoms with Crippen LogP contribution in [0.15, 0.2) is 48.9 Å². The fourth-order valence-electron chi connectivity index (χ4n) is 2.21. The van der Waals surface area contributed by atoms with Crippen LogP contribution < -0.4 is 5.32 Å². The van der Waals surface area contributed by atoms with Gasteiger partial charge in [0.25, 0.3) is 5.91 Å². The molecule has 22 heavy (non-hydrogen) atoms. The van der Waals surface area contributed by atoms with Gasteiger partial charge in [0, 0.05) is 18.9 Å². The van der Waals surface area contributed by atoms with E-state index in [9.17, 15) is 4.79 Å². The molecule has 3 rings (SSSR count). The Morgan fingerprint density at radius 3 is 2.64 bits per heavy atom. The highest BCUT2D eigenvalue weighted by atomic mass is 16.1. The van der Waals surface area contributed by atoms with Crippen LogP contribution in [0.5, 0.6) is 0 Å².